The number of aromatic carboxylic acids is 1. The molecule has 0 saturated heterocycles. The molecule has 23 heavy (non-hydrogen) atoms. The molecule has 1 aromatic rings. The van der Waals surface area contributed by atoms with Gasteiger partial charge in [0.25, 0.3) is 0 Å². The van der Waals surface area contributed by atoms with E-state index in [1.165, 1.54) is 18.2 Å². The van der Waals surface area contributed by atoms with Crippen LogP contribution in [0.2, 0.25) is 0 Å². The van der Waals surface area contributed by atoms with Gasteiger partial charge in [-0.25, -0.2) is 17.9 Å². The Kier molecular flexibility index (Phi) is 7.02. The number of hydrogen-bond donors (Lipinski definition) is 3. The molecule has 0 fully saturated rings. The number of nitrogens with one attached hydrogen (secondary N) is 2. The quantitative estimate of drug-likeness (QED) is 0.641. The molecular weight excluding hydrogens is 316 g/mol. The first-order valence-corrected chi connectivity index (χ1v) is 9.29. The molecule has 1 aromatic carbocycles. The Morgan fingerprint density at radius 1 is 1.26 bits per heavy atom. The van der Waals surface area contributed by atoms with E-state index < -0.39 is 16.0 Å². The van der Waals surface area contributed by atoms with Crippen molar-refractivity contribution in [3.05, 3.63) is 23.8 Å². The first kappa shape index (κ1) is 19.4. The molecule has 0 spiro atoms. The third-order valence-electron chi connectivity index (χ3n) is 3.55. The summed E-state index contributed by atoms with van der Waals surface area (Å²) in [6.07, 6.45) is 1.53. The molecule has 0 aromatic heterocycles. The first-order valence-electron chi connectivity index (χ1n) is 7.81. The third-order valence-corrected chi connectivity index (χ3v) is 5.05. The third kappa shape index (κ3) is 5.84. The Bertz CT molecular complexity index is 641. The Morgan fingerprint density at radius 2 is 1.91 bits per heavy atom. The van der Waals surface area contributed by atoms with Crippen LogP contribution in [0.3, 0.4) is 0 Å². The van der Waals surface area contributed by atoms with Crippen molar-refractivity contribution < 1.29 is 18.3 Å². The van der Waals surface area contributed by atoms with Gasteiger partial charge in [0.05, 0.1) is 11.3 Å². The lowest BCUT2D eigenvalue weighted by atomic mass is 10.1. The molecule has 1 rings (SSSR count). The molecule has 0 aliphatic rings. The fourth-order valence-electron chi connectivity index (χ4n) is 1.92. The normalized spacial score (nSPS) is 13.1. The van der Waals surface area contributed by atoms with Gasteiger partial charge in [0.15, 0.2) is 0 Å². The second kappa shape index (κ2) is 8.31. The molecule has 0 radical (unpaired) electrons. The van der Waals surface area contributed by atoms with Crippen molar-refractivity contribution >= 4 is 21.7 Å². The summed E-state index contributed by atoms with van der Waals surface area (Å²) in [6.45, 7) is 8.26. The average molecular weight is 342 g/mol. The summed E-state index contributed by atoms with van der Waals surface area (Å²) in [6, 6.07) is 4.19. The summed E-state index contributed by atoms with van der Waals surface area (Å²) < 4.78 is 27.6. The smallest absolute Gasteiger partial charge is 0.335 e. The van der Waals surface area contributed by atoms with Gasteiger partial charge in [0.2, 0.25) is 10.0 Å². The highest BCUT2D eigenvalue weighted by Crippen LogP contribution is 2.24. The minimum absolute atomic E-state index is 0.0264. The van der Waals surface area contributed by atoms with Crippen LogP contribution in [0.1, 0.15) is 50.9 Å². The van der Waals surface area contributed by atoms with Crippen molar-refractivity contribution in [3.63, 3.8) is 0 Å². The highest BCUT2D eigenvalue weighted by atomic mass is 32.2. The van der Waals surface area contributed by atoms with E-state index in [4.69, 9.17) is 5.11 Å². The Balaban J connectivity index is 3.17. The molecule has 0 amide bonds. The maximum Gasteiger partial charge on any atom is 0.335 e. The number of anilines is 1. The van der Waals surface area contributed by atoms with E-state index in [-0.39, 0.29) is 16.5 Å². The van der Waals surface area contributed by atoms with Crippen molar-refractivity contribution in [2.45, 2.75) is 51.5 Å². The topological polar surface area (TPSA) is 95.5 Å². The number of carbonyl (C=O) groups is 1. The monoisotopic (exact) mass is 342 g/mol. The predicted molar refractivity (Wildman–Crippen MR) is 91.4 cm³/mol. The lowest BCUT2D eigenvalue weighted by Gasteiger charge is -2.18. The summed E-state index contributed by atoms with van der Waals surface area (Å²) in [7, 11) is -3.77. The van der Waals surface area contributed by atoms with Crippen LogP contribution in [0.25, 0.3) is 0 Å². The van der Waals surface area contributed by atoms with Crippen LogP contribution in [0, 0.1) is 5.92 Å². The minimum atomic E-state index is -3.77. The Labute approximate surface area is 138 Å². The highest BCUT2D eigenvalue weighted by Gasteiger charge is 2.21. The summed E-state index contributed by atoms with van der Waals surface area (Å²) in [5.41, 5.74) is 0.366. The number of rotatable bonds is 9. The molecule has 130 valence electrons. The fraction of sp³-hybridized carbons (Fsp3) is 0.562. The molecule has 7 heteroatoms. The van der Waals surface area contributed by atoms with Gasteiger partial charge in [-0.3, -0.25) is 0 Å². The molecule has 0 heterocycles. The molecule has 1 atom stereocenters. The van der Waals surface area contributed by atoms with Gasteiger partial charge in [0.1, 0.15) is 4.90 Å². The van der Waals surface area contributed by atoms with Crippen LogP contribution < -0.4 is 10.0 Å². The van der Waals surface area contributed by atoms with E-state index in [0.29, 0.717) is 24.6 Å². The van der Waals surface area contributed by atoms with Gasteiger partial charge >= 0.3 is 5.97 Å². The van der Waals surface area contributed by atoms with Gasteiger partial charge in [-0.2, -0.15) is 0 Å². The van der Waals surface area contributed by atoms with E-state index in [1.54, 1.807) is 0 Å². The maximum absolute atomic E-state index is 12.5. The lowest BCUT2D eigenvalue weighted by molar-refractivity contribution is 0.0696. The number of hydrogen-bond acceptors (Lipinski definition) is 4. The molecule has 0 aliphatic carbocycles. The number of carboxylic acid groups (broad SMARTS) is 1. The molecule has 0 aliphatic heterocycles. The summed E-state index contributed by atoms with van der Waals surface area (Å²) in [5.74, 6) is -0.778. The standard InChI is InChI=1S/C16H26N2O4S/c1-5-12(4)18-14-7-6-13(16(19)20)10-15(14)23(21,22)17-9-8-11(2)3/h6-7,10-12,17-18H,5,8-9H2,1-4H3,(H,19,20)/t12-/m0/s1. The maximum atomic E-state index is 12.5. The summed E-state index contributed by atoms with van der Waals surface area (Å²) in [5, 5.41) is 12.2. The van der Waals surface area contributed by atoms with Gasteiger partial charge in [-0.1, -0.05) is 20.8 Å². The first-order chi connectivity index (χ1) is 10.7. The molecule has 3 N–H and O–H groups in total. The second-order valence-electron chi connectivity index (χ2n) is 6.05. The second-order valence-corrected chi connectivity index (χ2v) is 7.79. The SMILES string of the molecule is CC[C@H](C)Nc1ccc(C(=O)O)cc1S(=O)(=O)NCCC(C)C. The molecule has 0 saturated carbocycles. The zero-order valence-electron chi connectivity index (χ0n) is 14.1. The van der Waals surface area contributed by atoms with Crippen LogP contribution in [-0.2, 0) is 10.0 Å². The van der Waals surface area contributed by atoms with E-state index in [1.807, 2.05) is 27.7 Å². The fourth-order valence-corrected chi connectivity index (χ4v) is 3.16. The number of carboxylic acids is 1. The zero-order valence-corrected chi connectivity index (χ0v) is 14.9. The molecule has 0 bridgehead atoms. The van der Waals surface area contributed by atoms with Gasteiger partial charge in [-0.05, 0) is 43.9 Å². The molecule has 6 nitrogen and oxygen atoms in total. The van der Waals surface area contributed by atoms with Crippen molar-refractivity contribution in [2.24, 2.45) is 5.92 Å². The van der Waals surface area contributed by atoms with Gasteiger partial charge in [-0.15, -0.1) is 0 Å². The predicted octanol–water partition coefficient (Wildman–Crippen LogP) is 2.92. The molecule has 0 unspecified atom stereocenters. The van der Waals surface area contributed by atoms with Gasteiger partial charge in [0, 0.05) is 12.6 Å². The van der Waals surface area contributed by atoms with Crippen LogP contribution in [0.4, 0.5) is 5.69 Å². The number of sulfonamides is 1. The summed E-state index contributed by atoms with van der Waals surface area (Å²) in [4.78, 5) is 11.1. The van der Waals surface area contributed by atoms with Crippen molar-refractivity contribution in [1.82, 2.24) is 4.72 Å². The average Bonchev–Trinajstić information content (AvgIpc) is 2.46. The highest BCUT2D eigenvalue weighted by molar-refractivity contribution is 7.89. The lowest BCUT2D eigenvalue weighted by Crippen LogP contribution is -2.27. The van der Waals surface area contributed by atoms with Crippen molar-refractivity contribution in [3.8, 4) is 0 Å². The van der Waals surface area contributed by atoms with Crippen molar-refractivity contribution in [2.75, 3.05) is 11.9 Å². The molecular formula is C16H26N2O4S. The van der Waals surface area contributed by atoms with E-state index in [0.717, 1.165) is 6.42 Å². The largest absolute Gasteiger partial charge is 0.478 e. The van der Waals surface area contributed by atoms with Crippen LogP contribution in [0.5, 0.6) is 0 Å². The Hall–Kier alpha value is -1.60. The van der Waals surface area contributed by atoms with Crippen LogP contribution >= 0.6 is 0 Å². The van der Waals surface area contributed by atoms with E-state index >= 15 is 0 Å². The van der Waals surface area contributed by atoms with Gasteiger partial charge < -0.3 is 10.4 Å². The van der Waals surface area contributed by atoms with E-state index in [2.05, 4.69) is 10.0 Å². The minimum Gasteiger partial charge on any atom is -0.478 e. The van der Waals surface area contributed by atoms with Crippen LogP contribution in [-0.4, -0.2) is 32.1 Å². The van der Waals surface area contributed by atoms with E-state index in [9.17, 15) is 13.2 Å². The summed E-state index contributed by atoms with van der Waals surface area (Å²) >= 11 is 0. The number of benzene rings is 1. The Morgan fingerprint density at radius 3 is 2.43 bits per heavy atom. The van der Waals surface area contributed by atoms with Crippen molar-refractivity contribution in [1.29, 1.82) is 0 Å². The van der Waals surface area contributed by atoms with Crippen LogP contribution in [0.15, 0.2) is 23.1 Å². The zero-order chi connectivity index (χ0) is 17.6.